The van der Waals surface area contributed by atoms with Gasteiger partial charge in [0.15, 0.2) is 0 Å². The lowest BCUT2D eigenvalue weighted by atomic mass is 10.0. The first-order valence-electron chi connectivity index (χ1n) is 13.1. The Hall–Kier alpha value is -3.69. The Morgan fingerprint density at radius 2 is 1.49 bits per heavy atom. The molecule has 3 aromatic carbocycles. The van der Waals surface area contributed by atoms with Crippen molar-refractivity contribution in [2.75, 3.05) is 20.2 Å². The van der Waals surface area contributed by atoms with E-state index in [1.807, 2.05) is 61.5 Å². The van der Waals surface area contributed by atoms with Gasteiger partial charge in [0.05, 0.1) is 12.0 Å². The first-order chi connectivity index (χ1) is 18.8. The zero-order valence-electron chi connectivity index (χ0n) is 22.7. The van der Waals surface area contributed by atoms with Crippen LogP contribution in [-0.4, -0.2) is 51.4 Å². The average Bonchev–Trinajstić information content (AvgIpc) is 2.95. The predicted molar refractivity (Wildman–Crippen MR) is 152 cm³/mol. The monoisotopic (exact) mass is 551 g/mol. The Morgan fingerprint density at radius 3 is 2.08 bits per heavy atom. The number of methoxy groups -OCH3 is 1. The van der Waals surface area contributed by atoms with Crippen LogP contribution in [0.2, 0.25) is 0 Å². The van der Waals surface area contributed by atoms with Crippen LogP contribution >= 0.6 is 0 Å². The van der Waals surface area contributed by atoms with E-state index in [4.69, 9.17) is 4.74 Å². The molecule has 0 unspecified atom stereocenters. The van der Waals surface area contributed by atoms with E-state index in [-0.39, 0.29) is 29.7 Å². The maximum Gasteiger partial charge on any atom is 0.243 e. The van der Waals surface area contributed by atoms with Crippen LogP contribution in [0.25, 0.3) is 0 Å². The summed E-state index contributed by atoms with van der Waals surface area (Å²) in [6.07, 6.45) is 0.957. The molecule has 0 saturated heterocycles. The van der Waals surface area contributed by atoms with Crippen LogP contribution in [-0.2, 0) is 39.0 Å². The molecule has 9 heteroatoms. The topological polar surface area (TPSA) is 105 Å². The fraction of sp³-hybridized carbons (Fsp3) is 0.333. The van der Waals surface area contributed by atoms with E-state index in [2.05, 4.69) is 10.0 Å². The van der Waals surface area contributed by atoms with Gasteiger partial charge in [0.1, 0.15) is 11.8 Å². The minimum absolute atomic E-state index is 0.164. The van der Waals surface area contributed by atoms with Crippen molar-refractivity contribution in [3.8, 4) is 5.75 Å². The van der Waals surface area contributed by atoms with Gasteiger partial charge in [-0.05, 0) is 54.3 Å². The molecular formula is C30H37N3O5S. The molecule has 1 atom stereocenters. The molecule has 0 saturated carbocycles. The number of rotatable bonds is 14. The van der Waals surface area contributed by atoms with E-state index < -0.39 is 16.1 Å². The minimum Gasteiger partial charge on any atom is -0.497 e. The van der Waals surface area contributed by atoms with E-state index in [9.17, 15) is 18.0 Å². The van der Waals surface area contributed by atoms with Crippen LogP contribution in [0.1, 0.15) is 37.0 Å². The second-order valence-corrected chi connectivity index (χ2v) is 10.9. The molecule has 208 valence electrons. The van der Waals surface area contributed by atoms with Crippen molar-refractivity contribution in [2.24, 2.45) is 0 Å². The van der Waals surface area contributed by atoms with Crippen molar-refractivity contribution in [3.05, 3.63) is 95.6 Å². The number of benzene rings is 3. The van der Waals surface area contributed by atoms with E-state index >= 15 is 0 Å². The van der Waals surface area contributed by atoms with Gasteiger partial charge in [0.25, 0.3) is 0 Å². The first-order valence-corrected chi connectivity index (χ1v) is 14.6. The number of likely N-dealkylation sites (N-methyl/N-ethyl adjacent to an activating group) is 1. The number of hydrogen-bond acceptors (Lipinski definition) is 5. The molecule has 2 N–H and O–H groups in total. The molecular weight excluding hydrogens is 514 g/mol. The quantitative estimate of drug-likeness (QED) is 0.318. The lowest BCUT2D eigenvalue weighted by molar-refractivity contribution is -0.141. The first kappa shape index (κ1) is 29.9. The van der Waals surface area contributed by atoms with Crippen LogP contribution < -0.4 is 14.8 Å². The van der Waals surface area contributed by atoms with Crippen LogP contribution in [0, 0.1) is 0 Å². The lowest BCUT2D eigenvalue weighted by Crippen LogP contribution is -2.50. The number of amides is 2. The Labute approximate surface area is 231 Å². The zero-order valence-corrected chi connectivity index (χ0v) is 23.5. The van der Waals surface area contributed by atoms with Gasteiger partial charge in [-0.15, -0.1) is 0 Å². The number of carbonyl (C=O) groups excluding carboxylic acids is 2. The highest BCUT2D eigenvalue weighted by Crippen LogP contribution is 2.19. The SMILES string of the molecule is CCNC(=O)[C@H](Cc1ccccc1)N(Cc1ccc(OC)cc1)C(=O)CCc1ccc(S(=O)(=O)NCC)cc1. The van der Waals surface area contributed by atoms with E-state index in [1.54, 1.807) is 43.2 Å². The number of nitrogens with one attached hydrogen (secondary N) is 2. The molecule has 8 nitrogen and oxygen atoms in total. The third-order valence-corrected chi connectivity index (χ3v) is 7.89. The van der Waals surface area contributed by atoms with Gasteiger partial charge in [-0.1, -0.05) is 61.5 Å². The van der Waals surface area contributed by atoms with E-state index in [0.717, 1.165) is 16.7 Å². The molecule has 3 aromatic rings. The number of ether oxygens (including phenoxy) is 1. The Morgan fingerprint density at radius 1 is 0.846 bits per heavy atom. The van der Waals surface area contributed by atoms with Gasteiger partial charge in [-0.2, -0.15) is 0 Å². The third kappa shape index (κ3) is 8.66. The number of carbonyl (C=O) groups is 2. The molecule has 39 heavy (non-hydrogen) atoms. The van der Waals surface area contributed by atoms with E-state index in [0.29, 0.717) is 31.7 Å². The molecule has 0 aromatic heterocycles. The summed E-state index contributed by atoms with van der Waals surface area (Å²) in [4.78, 5) is 28.8. The summed E-state index contributed by atoms with van der Waals surface area (Å²) in [5, 5.41) is 2.89. The fourth-order valence-corrected chi connectivity index (χ4v) is 5.32. The van der Waals surface area contributed by atoms with Crippen molar-refractivity contribution in [1.29, 1.82) is 0 Å². The van der Waals surface area contributed by atoms with Crippen LogP contribution in [0.4, 0.5) is 0 Å². The lowest BCUT2D eigenvalue weighted by Gasteiger charge is -2.31. The summed E-state index contributed by atoms with van der Waals surface area (Å²) in [6, 6.07) is 22.9. The summed E-state index contributed by atoms with van der Waals surface area (Å²) in [6.45, 7) is 4.60. The van der Waals surface area contributed by atoms with Gasteiger partial charge in [-0.3, -0.25) is 9.59 Å². The summed E-state index contributed by atoms with van der Waals surface area (Å²) in [5.74, 6) is 0.337. The molecule has 0 heterocycles. The van der Waals surface area contributed by atoms with Gasteiger partial charge in [0.2, 0.25) is 21.8 Å². The second kappa shape index (κ2) is 14.5. The Kier molecular flexibility index (Phi) is 11.1. The summed E-state index contributed by atoms with van der Waals surface area (Å²) in [7, 11) is -1.95. The summed E-state index contributed by atoms with van der Waals surface area (Å²) >= 11 is 0. The van der Waals surface area contributed by atoms with Gasteiger partial charge >= 0.3 is 0 Å². The molecule has 0 aliphatic rings. The molecule has 0 bridgehead atoms. The maximum absolute atomic E-state index is 13.7. The van der Waals surface area contributed by atoms with Crippen molar-refractivity contribution in [1.82, 2.24) is 14.9 Å². The fourth-order valence-electron chi connectivity index (χ4n) is 4.28. The Bertz CT molecular complexity index is 1310. The largest absolute Gasteiger partial charge is 0.497 e. The highest BCUT2D eigenvalue weighted by molar-refractivity contribution is 7.89. The second-order valence-electron chi connectivity index (χ2n) is 9.12. The number of sulfonamides is 1. The predicted octanol–water partition coefficient (Wildman–Crippen LogP) is 3.70. The van der Waals surface area contributed by atoms with Crippen LogP contribution in [0.3, 0.4) is 0 Å². The molecule has 0 fully saturated rings. The van der Waals surface area contributed by atoms with Crippen LogP contribution in [0.5, 0.6) is 5.75 Å². The number of hydrogen-bond donors (Lipinski definition) is 2. The normalized spacial score (nSPS) is 12.0. The number of nitrogens with zero attached hydrogens (tertiary/aromatic N) is 1. The molecule has 2 amide bonds. The highest BCUT2D eigenvalue weighted by Gasteiger charge is 2.30. The van der Waals surface area contributed by atoms with Crippen molar-refractivity contribution in [3.63, 3.8) is 0 Å². The Balaban J connectivity index is 1.85. The van der Waals surface area contributed by atoms with E-state index in [1.165, 1.54) is 0 Å². The summed E-state index contributed by atoms with van der Waals surface area (Å²) < 4.78 is 32.2. The van der Waals surface area contributed by atoms with Crippen LogP contribution in [0.15, 0.2) is 83.8 Å². The van der Waals surface area contributed by atoms with Gasteiger partial charge in [0, 0.05) is 32.5 Å². The van der Waals surface area contributed by atoms with Gasteiger partial charge < -0.3 is 15.0 Å². The van der Waals surface area contributed by atoms with Crippen molar-refractivity contribution >= 4 is 21.8 Å². The van der Waals surface area contributed by atoms with Crippen molar-refractivity contribution in [2.45, 2.75) is 50.6 Å². The minimum atomic E-state index is -3.55. The third-order valence-electron chi connectivity index (χ3n) is 6.33. The van der Waals surface area contributed by atoms with Crippen molar-refractivity contribution < 1.29 is 22.7 Å². The van der Waals surface area contributed by atoms with Gasteiger partial charge in [-0.25, -0.2) is 13.1 Å². The summed E-state index contributed by atoms with van der Waals surface area (Å²) in [5.41, 5.74) is 2.67. The molecule has 0 spiro atoms. The maximum atomic E-state index is 13.7. The molecule has 0 aliphatic heterocycles. The molecule has 0 aliphatic carbocycles. The molecule has 3 rings (SSSR count). The average molecular weight is 552 g/mol. The molecule has 0 radical (unpaired) electrons. The standard InChI is InChI=1S/C30H37N3O5S/c1-4-31-30(35)28(21-24-9-7-6-8-10-24)33(22-25-11-16-26(38-3)17-12-25)29(34)20-15-23-13-18-27(19-14-23)39(36,37)32-5-2/h6-14,16-19,28,32H,4-5,15,20-22H2,1-3H3,(H,31,35)/t28-/m0/s1. The highest BCUT2D eigenvalue weighted by atomic mass is 32.2. The number of aryl methyl sites for hydroxylation is 1. The zero-order chi connectivity index (χ0) is 28.3. The smallest absolute Gasteiger partial charge is 0.243 e.